The first kappa shape index (κ1) is 7.71. The molecule has 0 amide bonds. The van der Waals surface area contributed by atoms with Gasteiger partial charge in [-0.05, 0) is 36.5 Å². The maximum absolute atomic E-state index is 5.44. The molecule has 0 bridgehead atoms. The first-order valence-electron chi connectivity index (χ1n) is 4.30. The molecule has 3 nitrogen and oxygen atoms in total. The summed E-state index contributed by atoms with van der Waals surface area (Å²) in [6, 6.07) is 2.39. The summed E-state index contributed by atoms with van der Waals surface area (Å²) in [5.41, 5.74) is 5.48. The van der Waals surface area contributed by atoms with Crippen molar-refractivity contribution in [3.8, 4) is 0 Å². The average molecular weight is 163 g/mol. The first-order valence-corrected chi connectivity index (χ1v) is 4.30. The van der Waals surface area contributed by atoms with E-state index in [1.54, 1.807) is 0 Å². The Morgan fingerprint density at radius 3 is 3.33 bits per heavy atom. The topological polar surface area (TPSA) is 50.9 Å². The van der Waals surface area contributed by atoms with Gasteiger partial charge in [0.25, 0.3) is 0 Å². The largest absolute Gasteiger partial charge is 0.271 e. The van der Waals surface area contributed by atoms with Crippen molar-refractivity contribution in [1.82, 2.24) is 10.4 Å². The van der Waals surface area contributed by atoms with Gasteiger partial charge in [0.05, 0.1) is 0 Å². The number of hydrogen-bond donors (Lipinski definition) is 2. The molecule has 12 heavy (non-hydrogen) atoms. The molecule has 1 unspecified atom stereocenters. The highest BCUT2D eigenvalue weighted by Crippen LogP contribution is 2.27. The summed E-state index contributed by atoms with van der Waals surface area (Å²) < 4.78 is 0. The van der Waals surface area contributed by atoms with Crippen LogP contribution in [0.25, 0.3) is 0 Å². The minimum Gasteiger partial charge on any atom is -0.271 e. The quantitative estimate of drug-likeness (QED) is 0.478. The molecule has 64 valence electrons. The zero-order chi connectivity index (χ0) is 8.39. The van der Waals surface area contributed by atoms with E-state index < -0.39 is 0 Å². The Kier molecular flexibility index (Phi) is 2.06. The minimum absolute atomic E-state index is 0.308. The van der Waals surface area contributed by atoms with Crippen molar-refractivity contribution in [3.05, 3.63) is 29.6 Å². The maximum atomic E-state index is 5.44. The Bertz CT molecular complexity index is 272. The third kappa shape index (κ3) is 1.21. The second-order valence-electron chi connectivity index (χ2n) is 3.19. The fraction of sp³-hybridized carbons (Fsp3) is 0.444. The highest BCUT2D eigenvalue weighted by Gasteiger charge is 2.18. The molecule has 1 aliphatic rings. The number of nitrogens with two attached hydrogens (primary N) is 1. The standard InChI is InChI=1S/C9H13N3/c10-12-9-3-1-2-7-4-5-11-6-8(7)9/h4-6,9,12H,1-3,10H2. The maximum Gasteiger partial charge on any atom is 0.0478 e. The Labute approximate surface area is 72.0 Å². The summed E-state index contributed by atoms with van der Waals surface area (Å²) in [7, 11) is 0. The van der Waals surface area contributed by atoms with Gasteiger partial charge in [0.15, 0.2) is 0 Å². The van der Waals surface area contributed by atoms with Crippen molar-refractivity contribution >= 4 is 0 Å². The summed E-state index contributed by atoms with van der Waals surface area (Å²) in [6.07, 6.45) is 7.26. The van der Waals surface area contributed by atoms with Gasteiger partial charge < -0.3 is 0 Å². The van der Waals surface area contributed by atoms with Crippen LogP contribution >= 0.6 is 0 Å². The fourth-order valence-electron chi connectivity index (χ4n) is 1.80. The molecule has 0 aromatic carbocycles. The van der Waals surface area contributed by atoms with Crippen LogP contribution < -0.4 is 11.3 Å². The number of hydrogen-bond acceptors (Lipinski definition) is 3. The van der Waals surface area contributed by atoms with Gasteiger partial charge in [0.1, 0.15) is 0 Å². The molecular weight excluding hydrogens is 150 g/mol. The van der Waals surface area contributed by atoms with E-state index in [0.717, 1.165) is 12.8 Å². The molecule has 0 spiro atoms. The number of rotatable bonds is 1. The van der Waals surface area contributed by atoms with E-state index in [-0.39, 0.29) is 0 Å². The lowest BCUT2D eigenvalue weighted by Gasteiger charge is -2.23. The molecule has 1 heterocycles. The molecule has 0 saturated heterocycles. The second-order valence-corrected chi connectivity index (χ2v) is 3.19. The van der Waals surface area contributed by atoms with E-state index in [9.17, 15) is 0 Å². The molecule has 3 N–H and O–H groups in total. The molecule has 1 aromatic rings. The van der Waals surface area contributed by atoms with E-state index in [4.69, 9.17) is 5.84 Å². The lowest BCUT2D eigenvalue weighted by molar-refractivity contribution is 0.470. The molecule has 0 saturated carbocycles. The zero-order valence-electron chi connectivity index (χ0n) is 6.96. The van der Waals surface area contributed by atoms with Gasteiger partial charge >= 0.3 is 0 Å². The third-order valence-electron chi connectivity index (χ3n) is 2.46. The van der Waals surface area contributed by atoms with Gasteiger partial charge in [-0.25, -0.2) is 0 Å². The Hall–Kier alpha value is -0.930. The molecule has 0 radical (unpaired) electrons. The number of fused-ring (bicyclic) bond motifs is 1. The SMILES string of the molecule is NNC1CCCc2ccncc21. The molecular formula is C9H13N3. The van der Waals surface area contributed by atoms with Gasteiger partial charge in [-0.3, -0.25) is 16.3 Å². The average Bonchev–Trinajstić information content (AvgIpc) is 2.17. The summed E-state index contributed by atoms with van der Waals surface area (Å²) in [5, 5.41) is 0. The number of hydrazine groups is 1. The summed E-state index contributed by atoms with van der Waals surface area (Å²) in [5.74, 6) is 5.44. The van der Waals surface area contributed by atoms with Crippen molar-refractivity contribution in [2.75, 3.05) is 0 Å². The van der Waals surface area contributed by atoms with Gasteiger partial charge in [0, 0.05) is 18.4 Å². The van der Waals surface area contributed by atoms with Crippen molar-refractivity contribution in [1.29, 1.82) is 0 Å². The van der Waals surface area contributed by atoms with Crippen LogP contribution in [0.1, 0.15) is 30.0 Å². The number of nitrogens with zero attached hydrogens (tertiary/aromatic N) is 1. The Morgan fingerprint density at radius 2 is 2.50 bits per heavy atom. The highest BCUT2D eigenvalue weighted by molar-refractivity contribution is 5.28. The molecule has 1 aliphatic carbocycles. The van der Waals surface area contributed by atoms with Crippen LogP contribution in [0.4, 0.5) is 0 Å². The van der Waals surface area contributed by atoms with Crippen LogP contribution in [0.2, 0.25) is 0 Å². The summed E-state index contributed by atoms with van der Waals surface area (Å²) >= 11 is 0. The molecule has 1 atom stereocenters. The van der Waals surface area contributed by atoms with Crippen LogP contribution in [-0.2, 0) is 6.42 Å². The van der Waals surface area contributed by atoms with Gasteiger partial charge in [-0.15, -0.1) is 0 Å². The van der Waals surface area contributed by atoms with Crippen LogP contribution in [0.5, 0.6) is 0 Å². The zero-order valence-corrected chi connectivity index (χ0v) is 6.96. The third-order valence-corrected chi connectivity index (χ3v) is 2.46. The number of nitrogens with one attached hydrogen (secondary N) is 1. The Morgan fingerprint density at radius 1 is 1.58 bits per heavy atom. The number of aryl methyl sites for hydroxylation is 1. The van der Waals surface area contributed by atoms with Crippen molar-refractivity contribution in [3.63, 3.8) is 0 Å². The molecule has 0 fully saturated rings. The lowest BCUT2D eigenvalue weighted by Crippen LogP contribution is -2.30. The van der Waals surface area contributed by atoms with Gasteiger partial charge in [-0.1, -0.05) is 0 Å². The normalized spacial score (nSPS) is 21.9. The van der Waals surface area contributed by atoms with Gasteiger partial charge in [-0.2, -0.15) is 0 Å². The summed E-state index contributed by atoms with van der Waals surface area (Å²) in [4.78, 5) is 4.10. The number of aromatic nitrogens is 1. The van der Waals surface area contributed by atoms with Crippen molar-refractivity contribution in [2.45, 2.75) is 25.3 Å². The van der Waals surface area contributed by atoms with Crippen LogP contribution in [0.3, 0.4) is 0 Å². The molecule has 3 heteroatoms. The van der Waals surface area contributed by atoms with Crippen molar-refractivity contribution in [2.24, 2.45) is 5.84 Å². The molecule has 0 aliphatic heterocycles. The predicted octanol–water partition coefficient (Wildman–Crippen LogP) is 0.922. The van der Waals surface area contributed by atoms with Crippen LogP contribution in [-0.4, -0.2) is 4.98 Å². The second kappa shape index (κ2) is 3.21. The van der Waals surface area contributed by atoms with E-state index in [1.807, 2.05) is 12.4 Å². The van der Waals surface area contributed by atoms with E-state index in [0.29, 0.717) is 6.04 Å². The molecule has 2 rings (SSSR count). The predicted molar refractivity (Wildman–Crippen MR) is 47.2 cm³/mol. The van der Waals surface area contributed by atoms with E-state index in [1.165, 1.54) is 17.5 Å². The Balaban J connectivity index is 2.37. The van der Waals surface area contributed by atoms with Crippen LogP contribution in [0, 0.1) is 0 Å². The minimum atomic E-state index is 0.308. The highest BCUT2D eigenvalue weighted by atomic mass is 15.2. The lowest BCUT2D eigenvalue weighted by atomic mass is 9.90. The smallest absolute Gasteiger partial charge is 0.0478 e. The fourth-order valence-corrected chi connectivity index (χ4v) is 1.80. The number of pyridine rings is 1. The molecule has 1 aromatic heterocycles. The van der Waals surface area contributed by atoms with Gasteiger partial charge in [0.2, 0.25) is 0 Å². The van der Waals surface area contributed by atoms with Crippen LogP contribution in [0.15, 0.2) is 18.5 Å². The first-order chi connectivity index (χ1) is 5.92. The van der Waals surface area contributed by atoms with E-state index in [2.05, 4.69) is 16.5 Å². The monoisotopic (exact) mass is 163 g/mol. The summed E-state index contributed by atoms with van der Waals surface area (Å²) in [6.45, 7) is 0. The van der Waals surface area contributed by atoms with Crippen molar-refractivity contribution < 1.29 is 0 Å². The van der Waals surface area contributed by atoms with E-state index >= 15 is 0 Å².